The number of nitrogen functional groups attached to an aromatic ring is 1. The van der Waals surface area contributed by atoms with Gasteiger partial charge in [0, 0.05) is 11.3 Å². The first kappa shape index (κ1) is 11.1. The molecule has 0 unspecified atom stereocenters. The fourth-order valence-corrected chi connectivity index (χ4v) is 0.735. The van der Waals surface area contributed by atoms with Crippen molar-refractivity contribution in [3.05, 3.63) is 29.6 Å². The van der Waals surface area contributed by atoms with E-state index in [1.54, 1.807) is 0 Å². The fraction of sp³-hybridized carbons (Fsp3) is 0.143. The minimum Gasteiger partial charge on any atom is -0.398 e. The first-order chi connectivity index (χ1) is 5.11. The molecular formula is C7H7ClF3N. The van der Waals surface area contributed by atoms with Gasteiger partial charge in [-0.1, -0.05) is 0 Å². The van der Waals surface area contributed by atoms with Gasteiger partial charge in [-0.05, 0) is 18.2 Å². The number of benzene rings is 1. The number of alkyl halides is 2. The summed E-state index contributed by atoms with van der Waals surface area (Å²) in [5.74, 6) is -0.700. The van der Waals surface area contributed by atoms with E-state index in [9.17, 15) is 13.2 Å². The number of halogens is 4. The van der Waals surface area contributed by atoms with E-state index in [2.05, 4.69) is 0 Å². The molecule has 1 rings (SSSR count). The van der Waals surface area contributed by atoms with Crippen LogP contribution in [0.4, 0.5) is 18.9 Å². The molecule has 5 heteroatoms. The van der Waals surface area contributed by atoms with Gasteiger partial charge in [0.2, 0.25) is 0 Å². The Hall–Kier alpha value is -0.900. The smallest absolute Gasteiger partial charge is 0.265 e. The highest BCUT2D eigenvalue weighted by molar-refractivity contribution is 5.85. The molecule has 0 aromatic heterocycles. The molecule has 0 saturated heterocycles. The monoisotopic (exact) mass is 197 g/mol. The summed E-state index contributed by atoms with van der Waals surface area (Å²) in [7, 11) is 0. The molecule has 0 aliphatic carbocycles. The molecule has 0 saturated carbocycles. The van der Waals surface area contributed by atoms with E-state index >= 15 is 0 Å². The molecule has 0 amide bonds. The van der Waals surface area contributed by atoms with Gasteiger partial charge in [-0.25, -0.2) is 13.2 Å². The van der Waals surface area contributed by atoms with Crippen LogP contribution >= 0.6 is 12.4 Å². The van der Waals surface area contributed by atoms with Crippen molar-refractivity contribution in [2.75, 3.05) is 5.73 Å². The van der Waals surface area contributed by atoms with Crippen LogP contribution in [0.3, 0.4) is 0 Å². The summed E-state index contributed by atoms with van der Waals surface area (Å²) in [4.78, 5) is 0. The average Bonchev–Trinajstić information content (AvgIpc) is 1.94. The van der Waals surface area contributed by atoms with E-state index in [4.69, 9.17) is 5.73 Å². The molecule has 1 nitrogen and oxygen atoms in total. The highest BCUT2D eigenvalue weighted by atomic mass is 35.5. The summed E-state index contributed by atoms with van der Waals surface area (Å²) >= 11 is 0. The summed E-state index contributed by atoms with van der Waals surface area (Å²) in [6.45, 7) is 0. The number of rotatable bonds is 1. The van der Waals surface area contributed by atoms with E-state index in [1.165, 1.54) is 0 Å². The molecule has 1 aromatic carbocycles. The molecule has 1 aromatic rings. The van der Waals surface area contributed by atoms with Gasteiger partial charge in [0.05, 0.1) is 0 Å². The second-order valence-electron chi connectivity index (χ2n) is 2.07. The normalized spacial score (nSPS) is 9.67. The lowest BCUT2D eigenvalue weighted by Crippen LogP contribution is -1.94. The van der Waals surface area contributed by atoms with Crippen molar-refractivity contribution >= 4 is 18.1 Å². The zero-order valence-electron chi connectivity index (χ0n) is 5.93. The second-order valence-corrected chi connectivity index (χ2v) is 2.07. The van der Waals surface area contributed by atoms with Crippen LogP contribution in [0.25, 0.3) is 0 Å². The third-order valence-corrected chi connectivity index (χ3v) is 1.28. The van der Waals surface area contributed by atoms with Gasteiger partial charge >= 0.3 is 0 Å². The predicted molar refractivity (Wildman–Crippen MR) is 43.0 cm³/mol. The number of anilines is 1. The van der Waals surface area contributed by atoms with Gasteiger partial charge in [0.1, 0.15) is 5.82 Å². The predicted octanol–water partition coefficient (Wildman–Crippen LogP) is 2.77. The van der Waals surface area contributed by atoms with Gasteiger partial charge in [-0.2, -0.15) is 0 Å². The summed E-state index contributed by atoms with van der Waals surface area (Å²) in [6.07, 6.45) is -2.72. The van der Waals surface area contributed by atoms with Crippen molar-refractivity contribution in [3.8, 4) is 0 Å². The second kappa shape index (κ2) is 4.21. The average molecular weight is 198 g/mol. The number of hydrogen-bond acceptors (Lipinski definition) is 1. The van der Waals surface area contributed by atoms with E-state index < -0.39 is 17.8 Å². The molecule has 12 heavy (non-hydrogen) atoms. The van der Waals surface area contributed by atoms with Crippen molar-refractivity contribution in [1.82, 2.24) is 0 Å². The highest BCUT2D eigenvalue weighted by Gasteiger charge is 2.11. The molecule has 2 N–H and O–H groups in total. The molecule has 0 atom stereocenters. The molecule has 0 radical (unpaired) electrons. The van der Waals surface area contributed by atoms with Crippen LogP contribution in [0.5, 0.6) is 0 Å². The molecule has 0 aliphatic rings. The lowest BCUT2D eigenvalue weighted by molar-refractivity contribution is 0.152. The lowest BCUT2D eigenvalue weighted by Gasteiger charge is -2.02. The summed E-state index contributed by atoms with van der Waals surface area (Å²) in [5.41, 5.74) is 4.61. The lowest BCUT2D eigenvalue weighted by atomic mass is 10.2. The highest BCUT2D eigenvalue weighted by Crippen LogP contribution is 2.24. The first-order valence-electron chi connectivity index (χ1n) is 2.94. The maximum absolute atomic E-state index is 12.3. The van der Waals surface area contributed by atoms with Crippen LogP contribution in [-0.2, 0) is 0 Å². The zero-order chi connectivity index (χ0) is 8.43. The molecule has 0 aliphatic heterocycles. The fourth-order valence-electron chi connectivity index (χ4n) is 0.735. The largest absolute Gasteiger partial charge is 0.398 e. The van der Waals surface area contributed by atoms with Crippen molar-refractivity contribution in [3.63, 3.8) is 0 Å². The van der Waals surface area contributed by atoms with Gasteiger partial charge < -0.3 is 5.73 Å². The van der Waals surface area contributed by atoms with Gasteiger partial charge in [0.25, 0.3) is 6.43 Å². The van der Waals surface area contributed by atoms with Crippen LogP contribution in [0.15, 0.2) is 18.2 Å². The van der Waals surface area contributed by atoms with E-state index in [0.717, 1.165) is 18.2 Å². The Morgan fingerprint density at radius 2 is 1.83 bits per heavy atom. The maximum atomic E-state index is 12.3. The molecule has 0 heterocycles. The summed E-state index contributed by atoms with van der Waals surface area (Å²) in [5, 5.41) is 0. The minimum absolute atomic E-state index is 0. The quantitative estimate of drug-likeness (QED) is 0.689. The Morgan fingerprint density at radius 1 is 1.25 bits per heavy atom. The standard InChI is InChI=1S/C7H6F3N.ClH/c8-4-1-2-6(11)5(3-4)7(9)10;/h1-3,7H,11H2;1H. The van der Waals surface area contributed by atoms with Gasteiger partial charge in [0.15, 0.2) is 0 Å². The number of hydrogen-bond donors (Lipinski definition) is 1. The molecular weight excluding hydrogens is 191 g/mol. The molecule has 0 spiro atoms. The maximum Gasteiger partial charge on any atom is 0.265 e. The van der Waals surface area contributed by atoms with E-state index in [0.29, 0.717) is 0 Å². The van der Waals surface area contributed by atoms with Crippen molar-refractivity contribution in [2.45, 2.75) is 6.43 Å². The van der Waals surface area contributed by atoms with Crippen LogP contribution < -0.4 is 5.73 Å². The number of nitrogens with two attached hydrogens (primary N) is 1. The van der Waals surface area contributed by atoms with Crippen LogP contribution in [-0.4, -0.2) is 0 Å². The van der Waals surface area contributed by atoms with E-state index in [-0.39, 0.29) is 18.1 Å². The topological polar surface area (TPSA) is 26.0 Å². The summed E-state index contributed by atoms with van der Waals surface area (Å²) < 4.78 is 36.2. The van der Waals surface area contributed by atoms with Crippen molar-refractivity contribution in [1.29, 1.82) is 0 Å². The Kier molecular flexibility index (Phi) is 3.89. The van der Waals surface area contributed by atoms with Crippen LogP contribution in [0.2, 0.25) is 0 Å². The van der Waals surface area contributed by atoms with Gasteiger partial charge in [-0.3, -0.25) is 0 Å². The third-order valence-electron chi connectivity index (χ3n) is 1.28. The zero-order valence-corrected chi connectivity index (χ0v) is 6.75. The van der Waals surface area contributed by atoms with Crippen molar-refractivity contribution < 1.29 is 13.2 Å². The molecule has 68 valence electrons. The van der Waals surface area contributed by atoms with E-state index in [1.807, 2.05) is 0 Å². The Morgan fingerprint density at radius 3 is 2.25 bits per heavy atom. The van der Waals surface area contributed by atoms with Gasteiger partial charge in [-0.15, -0.1) is 12.4 Å². The Balaban J connectivity index is 0.00000121. The third kappa shape index (κ3) is 2.30. The SMILES string of the molecule is Cl.Nc1ccc(F)cc1C(F)F. The molecule has 0 fully saturated rings. The Labute approximate surface area is 73.8 Å². The minimum atomic E-state index is -2.72. The first-order valence-corrected chi connectivity index (χ1v) is 2.94. The molecule has 0 bridgehead atoms. The van der Waals surface area contributed by atoms with Crippen LogP contribution in [0.1, 0.15) is 12.0 Å². The summed E-state index contributed by atoms with van der Waals surface area (Å²) in [6, 6.07) is 2.90. The van der Waals surface area contributed by atoms with Crippen LogP contribution in [0, 0.1) is 5.82 Å². The van der Waals surface area contributed by atoms with Crippen molar-refractivity contribution in [2.24, 2.45) is 0 Å². The Bertz CT molecular complexity index is 265.